The van der Waals surface area contributed by atoms with Crippen molar-refractivity contribution in [3.8, 4) is 0 Å². The fourth-order valence-electron chi connectivity index (χ4n) is 2.30. The molecular weight excluding hydrogens is 400 g/mol. The summed E-state index contributed by atoms with van der Waals surface area (Å²) in [5, 5.41) is 22.7. The number of para-hydroxylation sites is 1. The number of nitrogens with one attached hydrogen (secondary N) is 2. The topological polar surface area (TPSA) is 153 Å². The predicted octanol–water partition coefficient (Wildman–Crippen LogP) is 3.20. The smallest absolute Gasteiger partial charge is 0.276 e. The van der Waals surface area contributed by atoms with E-state index in [0.717, 1.165) is 23.0 Å². The summed E-state index contributed by atoms with van der Waals surface area (Å²) < 4.78 is 0. The van der Waals surface area contributed by atoms with E-state index in [2.05, 4.69) is 20.8 Å². The summed E-state index contributed by atoms with van der Waals surface area (Å²) >= 11 is 1.06. The molecule has 0 atom stereocenters. The number of aromatic nitrogens is 2. The average Bonchev–Trinajstić information content (AvgIpc) is 2.72. The van der Waals surface area contributed by atoms with Crippen molar-refractivity contribution in [3.05, 3.63) is 86.7 Å². The summed E-state index contributed by atoms with van der Waals surface area (Å²) in [6.45, 7) is 0. The quantitative estimate of drug-likeness (QED) is 0.338. The van der Waals surface area contributed by atoms with Crippen molar-refractivity contribution in [1.29, 1.82) is 0 Å². The highest BCUT2D eigenvalue weighted by Gasteiger charge is 2.25. The SMILES string of the molecule is O=C(NNc1ncnc(Sc2ccccc2)c1[N+](=O)[O-])c1ccccc1[N+](=O)[O-]. The fourth-order valence-corrected chi connectivity index (χ4v) is 3.19. The van der Waals surface area contributed by atoms with Crippen LogP contribution in [0.3, 0.4) is 0 Å². The maximum absolute atomic E-state index is 12.3. The number of nitrogens with zero attached hydrogens (tertiary/aromatic N) is 4. The van der Waals surface area contributed by atoms with E-state index in [-0.39, 0.29) is 16.4 Å². The lowest BCUT2D eigenvalue weighted by Gasteiger charge is -2.10. The van der Waals surface area contributed by atoms with E-state index >= 15 is 0 Å². The Kier molecular flexibility index (Phi) is 5.94. The molecule has 0 unspecified atom stereocenters. The number of hydrogen-bond donors (Lipinski definition) is 2. The molecule has 3 aromatic rings. The monoisotopic (exact) mass is 412 g/mol. The summed E-state index contributed by atoms with van der Waals surface area (Å²) in [7, 11) is 0. The Labute approximate surface area is 167 Å². The Morgan fingerprint density at radius 3 is 2.31 bits per heavy atom. The molecule has 3 rings (SSSR count). The van der Waals surface area contributed by atoms with Gasteiger partial charge in [-0.3, -0.25) is 35.9 Å². The minimum Gasteiger partial charge on any atom is -0.276 e. The van der Waals surface area contributed by atoms with Gasteiger partial charge in [0.15, 0.2) is 5.03 Å². The van der Waals surface area contributed by atoms with Crippen LogP contribution in [0.15, 0.2) is 70.8 Å². The molecule has 2 aromatic carbocycles. The number of hydrogen-bond acceptors (Lipinski definition) is 9. The van der Waals surface area contributed by atoms with E-state index in [1.54, 1.807) is 24.3 Å². The molecule has 0 saturated carbocycles. The molecule has 0 aliphatic rings. The Balaban J connectivity index is 1.84. The van der Waals surface area contributed by atoms with Crippen LogP contribution in [-0.2, 0) is 0 Å². The average molecular weight is 412 g/mol. The molecule has 2 N–H and O–H groups in total. The Hall–Kier alpha value is -4.06. The van der Waals surface area contributed by atoms with Crippen LogP contribution < -0.4 is 10.9 Å². The predicted molar refractivity (Wildman–Crippen MR) is 103 cm³/mol. The van der Waals surface area contributed by atoms with Crippen LogP contribution in [0.5, 0.6) is 0 Å². The molecule has 1 aromatic heterocycles. The number of nitro groups is 2. The molecule has 0 spiro atoms. The highest BCUT2D eigenvalue weighted by atomic mass is 32.2. The van der Waals surface area contributed by atoms with Crippen LogP contribution in [0.1, 0.15) is 10.4 Å². The van der Waals surface area contributed by atoms with Crippen molar-refractivity contribution in [2.75, 3.05) is 5.43 Å². The van der Waals surface area contributed by atoms with Gasteiger partial charge in [0, 0.05) is 11.0 Å². The molecule has 11 nitrogen and oxygen atoms in total. The van der Waals surface area contributed by atoms with Gasteiger partial charge in [0.05, 0.1) is 9.85 Å². The minimum absolute atomic E-state index is 0.0682. The normalized spacial score (nSPS) is 10.2. The number of nitro benzene ring substituents is 1. The number of hydrazine groups is 1. The van der Waals surface area contributed by atoms with Crippen molar-refractivity contribution in [3.63, 3.8) is 0 Å². The van der Waals surface area contributed by atoms with Crippen LogP contribution in [-0.4, -0.2) is 25.7 Å². The molecular formula is C17H12N6O5S. The van der Waals surface area contributed by atoms with E-state index in [9.17, 15) is 25.0 Å². The highest BCUT2D eigenvalue weighted by Crippen LogP contribution is 2.36. The Morgan fingerprint density at radius 2 is 1.62 bits per heavy atom. The Morgan fingerprint density at radius 1 is 0.931 bits per heavy atom. The maximum atomic E-state index is 12.3. The second-order valence-electron chi connectivity index (χ2n) is 5.40. The third-order valence-electron chi connectivity index (χ3n) is 3.57. The number of amides is 1. The van der Waals surface area contributed by atoms with Crippen LogP contribution in [0.2, 0.25) is 0 Å². The second-order valence-corrected chi connectivity index (χ2v) is 6.46. The molecule has 146 valence electrons. The zero-order chi connectivity index (χ0) is 20.8. The second kappa shape index (κ2) is 8.75. The van der Waals surface area contributed by atoms with E-state index in [1.807, 2.05) is 6.07 Å². The summed E-state index contributed by atoms with van der Waals surface area (Å²) in [5.74, 6) is -1.10. The third-order valence-corrected chi connectivity index (χ3v) is 4.57. The lowest BCUT2D eigenvalue weighted by molar-refractivity contribution is -0.387. The molecule has 0 radical (unpaired) electrons. The standard InChI is InChI=1S/C17H12N6O5S/c24-16(12-8-4-5-9-13(12)22(25)26)21-20-15-14(23(27)28)17(19-10-18-15)29-11-6-2-1-3-7-11/h1-10H,(H,21,24)(H,18,19,20). The van der Waals surface area contributed by atoms with Gasteiger partial charge in [0.1, 0.15) is 11.9 Å². The lowest BCUT2D eigenvalue weighted by Crippen LogP contribution is -2.30. The molecule has 1 heterocycles. The third kappa shape index (κ3) is 4.62. The summed E-state index contributed by atoms with van der Waals surface area (Å²) in [5.41, 5.74) is 3.51. The molecule has 0 aliphatic carbocycles. The van der Waals surface area contributed by atoms with Gasteiger partial charge >= 0.3 is 5.69 Å². The fraction of sp³-hybridized carbons (Fsp3) is 0. The first-order chi connectivity index (χ1) is 14.0. The van der Waals surface area contributed by atoms with Gasteiger partial charge in [0.2, 0.25) is 5.82 Å². The zero-order valence-corrected chi connectivity index (χ0v) is 15.3. The molecule has 12 heteroatoms. The maximum Gasteiger partial charge on any atom is 0.345 e. The Bertz CT molecular complexity index is 1080. The van der Waals surface area contributed by atoms with Crippen LogP contribution >= 0.6 is 11.8 Å². The van der Waals surface area contributed by atoms with Crippen molar-refractivity contribution < 1.29 is 14.6 Å². The number of anilines is 1. The molecule has 29 heavy (non-hydrogen) atoms. The first-order valence-electron chi connectivity index (χ1n) is 7.99. The molecule has 0 saturated heterocycles. The summed E-state index contributed by atoms with van der Waals surface area (Å²) in [6.07, 6.45) is 1.11. The van der Waals surface area contributed by atoms with E-state index in [0.29, 0.717) is 0 Å². The first kappa shape index (κ1) is 19.7. The number of carbonyl (C=O) groups excluding carboxylic acids is 1. The molecule has 0 aliphatic heterocycles. The lowest BCUT2D eigenvalue weighted by atomic mass is 10.2. The van der Waals surface area contributed by atoms with Gasteiger partial charge in [-0.2, -0.15) is 0 Å². The van der Waals surface area contributed by atoms with Gasteiger partial charge in [-0.15, -0.1) is 0 Å². The van der Waals surface area contributed by atoms with Gasteiger partial charge in [-0.25, -0.2) is 9.97 Å². The van der Waals surface area contributed by atoms with Crippen LogP contribution in [0, 0.1) is 20.2 Å². The van der Waals surface area contributed by atoms with Gasteiger partial charge in [-0.05, 0) is 18.2 Å². The summed E-state index contributed by atoms with van der Waals surface area (Å²) in [6, 6.07) is 14.2. The highest BCUT2D eigenvalue weighted by molar-refractivity contribution is 7.99. The van der Waals surface area contributed by atoms with Crippen molar-refractivity contribution >= 4 is 34.9 Å². The van der Waals surface area contributed by atoms with Gasteiger partial charge in [-0.1, -0.05) is 42.1 Å². The minimum atomic E-state index is -0.845. The van der Waals surface area contributed by atoms with Crippen molar-refractivity contribution in [2.45, 2.75) is 9.92 Å². The zero-order valence-electron chi connectivity index (χ0n) is 14.5. The van der Waals surface area contributed by atoms with E-state index in [4.69, 9.17) is 0 Å². The summed E-state index contributed by atoms with van der Waals surface area (Å²) in [4.78, 5) is 42.0. The van der Waals surface area contributed by atoms with Crippen LogP contribution in [0.4, 0.5) is 17.2 Å². The molecule has 0 bridgehead atoms. The number of carbonyl (C=O) groups is 1. The van der Waals surface area contributed by atoms with Crippen LogP contribution in [0.25, 0.3) is 0 Å². The van der Waals surface area contributed by atoms with Crippen molar-refractivity contribution in [1.82, 2.24) is 15.4 Å². The van der Waals surface area contributed by atoms with Gasteiger partial charge < -0.3 is 0 Å². The van der Waals surface area contributed by atoms with Gasteiger partial charge in [0.25, 0.3) is 11.6 Å². The number of rotatable bonds is 7. The van der Waals surface area contributed by atoms with Crippen molar-refractivity contribution in [2.24, 2.45) is 0 Å². The number of benzene rings is 2. The largest absolute Gasteiger partial charge is 0.345 e. The van der Waals surface area contributed by atoms with E-state index < -0.39 is 27.1 Å². The van der Waals surface area contributed by atoms with E-state index in [1.165, 1.54) is 24.3 Å². The first-order valence-corrected chi connectivity index (χ1v) is 8.81. The molecule has 1 amide bonds. The molecule has 0 fully saturated rings.